The number of fused-ring (bicyclic) bond motifs is 1. The van der Waals surface area contributed by atoms with E-state index in [2.05, 4.69) is 30.5 Å². The van der Waals surface area contributed by atoms with Crippen LogP contribution in [0.25, 0.3) is 11.0 Å². The number of aromatic nitrogens is 2. The Morgan fingerprint density at radius 1 is 1.02 bits per heavy atom. The van der Waals surface area contributed by atoms with Crippen molar-refractivity contribution in [1.29, 1.82) is 0 Å². The third kappa shape index (κ3) is 6.60. The standard InChI is InChI=1S/C27H25ClN8O4S/c1-40-20-12-13-21(28)24(17-20)30-25-26(31-23-11-4-3-10-22(23)29-25)36(41(38)39)19-9-7-8-18(16-19)27(37)32-33-34-35-14-5-2-6-15-35/h3-4,7-13,16-17,41H,2,5-6,14-15H2,1H3/p+1. The number of piperidine rings is 1. The Morgan fingerprint density at radius 3 is 2.51 bits per heavy atom. The van der Waals surface area contributed by atoms with E-state index in [4.69, 9.17) is 16.3 Å². The number of thiol groups is 1. The van der Waals surface area contributed by atoms with Crippen LogP contribution in [-0.4, -0.2) is 49.5 Å². The Bertz CT molecular complexity index is 1730. The molecule has 1 aliphatic rings. The van der Waals surface area contributed by atoms with Gasteiger partial charge in [-0.05, 0) is 61.7 Å². The summed E-state index contributed by atoms with van der Waals surface area (Å²) in [5.74, 6) is -0.0361. The molecule has 3 aromatic carbocycles. The van der Waals surface area contributed by atoms with E-state index in [0.717, 1.165) is 36.7 Å². The van der Waals surface area contributed by atoms with Gasteiger partial charge < -0.3 is 10.1 Å². The molecule has 0 spiro atoms. The van der Waals surface area contributed by atoms with Crippen molar-refractivity contribution < 1.29 is 17.9 Å². The van der Waals surface area contributed by atoms with Gasteiger partial charge in [-0.1, -0.05) is 29.8 Å². The Kier molecular flexibility index (Phi) is 8.68. The second kappa shape index (κ2) is 12.7. The van der Waals surface area contributed by atoms with Gasteiger partial charge in [0.2, 0.25) is 16.1 Å². The fraction of sp³-hybridized carbons (Fsp3) is 0.222. The highest BCUT2D eigenvalue weighted by Gasteiger charge is 2.23. The molecule has 2 heterocycles. The van der Waals surface area contributed by atoms with Gasteiger partial charge in [0.25, 0.3) is 0 Å². The molecule has 4 aromatic rings. The molecule has 1 N–H and O–H groups in total. The Morgan fingerprint density at radius 2 is 1.78 bits per heavy atom. The van der Waals surface area contributed by atoms with Gasteiger partial charge in [-0.25, -0.2) is 22.7 Å². The molecular formula is C27H26ClN8O4S+. The van der Waals surface area contributed by atoms with E-state index >= 15 is 0 Å². The van der Waals surface area contributed by atoms with Crippen molar-refractivity contribution in [3.63, 3.8) is 0 Å². The van der Waals surface area contributed by atoms with Crippen LogP contribution in [0.5, 0.6) is 5.75 Å². The van der Waals surface area contributed by atoms with Crippen LogP contribution in [0.2, 0.25) is 5.02 Å². The van der Waals surface area contributed by atoms with Crippen molar-refractivity contribution in [2.45, 2.75) is 19.3 Å². The molecule has 1 saturated heterocycles. The Balaban J connectivity index is 1.54. The lowest BCUT2D eigenvalue weighted by molar-refractivity contribution is 0.0989. The highest BCUT2D eigenvalue weighted by molar-refractivity contribution is 7.74. The zero-order chi connectivity index (χ0) is 28.8. The summed E-state index contributed by atoms with van der Waals surface area (Å²) in [6.45, 7) is 1.52. The van der Waals surface area contributed by atoms with Gasteiger partial charge in [-0.3, -0.25) is 4.79 Å². The van der Waals surface area contributed by atoms with Crippen LogP contribution in [0, 0.1) is 0 Å². The monoisotopic (exact) mass is 593 g/mol. The lowest BCUT2D eigenvalue weighted by Gasteiger charge is -2.21. The van der Waals surface area contributed by atoms with Gasteiger partial charge in [0.05, 0.1) is 44.6 Å². The molecule has 0 radical (unpaired) electrons. The fourth-order valence-corrected chi connectivity index (χ4v) is 5.06. The largest absolute Gasteiger partial charge is 0.497 e. The topological polar surface area (TPSA) is 144 Å². The molecule has 0 aliphatic carbocycles. The predicted molar refractivity (Wildman–Crippen MR) is 156 cm³/mol. The van der Waals surface area contributed by atoms with Gasteiger partial charge in [0.1, 0.15) is 18.8 Å². The van der Waals surface area contributed by atoms with Crippen molar-refractivity contribution >= 4 is 62.4 Å². The number of nitrogens with zero attached hydrogens (tertiary/aromatic N) is 7. The summed E-state index contributed by atoms with van der Waals surface area (Å²) in [5, 5.41) is 12.9. The predicted octanol–water partition coefficient (Wildman–Crippen LogP) is 5.21. The normalized spacial score (nSPS) is 13.0. The summed E-state index contributed by atoms with van der Waals surface area (Å²) < 4.78 is 31.7. The summed E-state index contributed by atoms with van der Waals surface area (Å²) in [5.41, 5.74) is 1.70. The number of hydrogen-bond donors (Lipinski definition) is 2. The maximum Gasteiger partial charge on any atom is 0.335 e. The number of methoxy groups -OCH3 is 1. The smallest absolute Gasteiger partial charge is 0.335 e. The average molecular weight is 594 g/mol. The molecule has 5 rings (SSSR count). The van der Waals surface area contributed by atoms with Gasteiger partial charge in [0, 0.05) is 11.6 Å². The molecule has 210 valence electrons. The molecule has 0 atom stereocenters. The van der Waals surface area contributed by atoms with Crippen molar-refractivity contribution in [1.82, 2.24) is 19.9 Å². The average Bonchev–Trinajstić information content (AvgIpc) is 2.99. The van der Waals surface area contributed by atoms with Crippen LogP contribution in [0.3, 0.4) is 0 Å². The molecule has 41 heavy (non-hydrogen) atoms. The van der Waals surface area contributed by atoms with Crippen LogP contribution in [-0.2, 0) is 10.9 Å². The maximum absolute atomic E-state index is 12.8. The number of hydrogen-bond acceptors (Lipinski definition) is 8. The first kappa shape index (κ1) is 28.0. The molecule has 0 bridgehead atoms. The van der Waals surface area contributed by atoms with Crippen molar-refractivity contribution in [3.8, 4) is 5.75 Å². The van der Waals surface area contributed by atoms with E-state index in [0.29, 0.717) is 27.5 Å². The minimum atomic E-state index is -3.29. The second-order valence-electron chi connectivity index (χ2n) is 9.05. The molecule has 1 aliphatic heterocycles. The number of carbonyl (C=O) groups excluding carboxylic acids is 1. The lowest BCUT2D eigenvalue weighted by atomic mass is 10.2. The first-order chi connectivity index (χ1) is 19.9. The van der Waals surface area contributed by atoms with E-state index in [1.54, 1.807) is 53.5 Å². The summed E-state index contributed by atoms with van der Waals surface area (Å²) >= 11 is 6.41. The van der Waals surface area contributed by atoms with Crippen LogP contribution in [0.1, 0.15) is 29.6 Å². The minimum Gasteiger partial charge on any atom is -0.497 e. The Hall–Kier alpha value is -4.58. The molecule has 1 fully saturated rings. The number of halogens is 1. The van der Waals surface area contributed by atoms with Crippen LogP contribution in [0.4, 0.5) is 23.0 Å². The SMILES string of the molecule is COc1ccc(Cl)c(Nc2nc3ccccc3nc2N(c2cccc(C(=O)N=[N+]=NN3CCCCC3)c2)[SH](=O)=O)c1. The molecule has 1 amide bonds. The van der Waals surface area contributed by atoms with E-state index in [-0.39, 0.29) is 22.9 Å². The zero-order valence-corrected chi connectivity index (χ0v) is 23.6. The Labute approximate surface area is 242 Å². The molecule has 0 saturated carbocycles. The number of anilines is 4. The minimum absolute atomic E-state index is 0.0231. The maximum atomic E-state index is 12.8. The van der Waals surface area contributed by atoms with Gasteiger partial charge in [-0.15, -0.1) is 0 Å². The highest BCUT2D eigenvalue weighted by Crippen LogP contribution is 2.36. The van der Waals surface area contributed by atoms with Crippen molar-refractivity contribution in [2.75, 3.05) is 29.8 Å². The van der Waals surface area contributed by atoms with Crippen molar-refractivity contribution in [2.24, 2.45) is 10.3 Å². The number of ether oxygens (including phenoxy) is 1. The van der Waals surface area contributed by atoms with Crippen LogP contribution < -0.4 is 19.3 Å². The summed E-state index contributed by atoms with van der Waals surface area (Å²) in [6.07, 6.45) is 3.16. The van der Waals surface area contributed by atoms with Gasteiger partial charge in [-0.2, -0.15) is 5.01 Å². The molecule has 12 nitrogen and oxygen atoms in total. The third-order valence-electron chi connectivity index (χ3n) is 6.31. The number of benzene rings is 3. The summed E-state index contributed by atoms with van der Waals surface area (Å²) in [6, 6.07) is 18.0. The second-order valence-corrected chi connectivity index (χ2v) is 10.3. The molecule has 0 unspecified atom stereocenters. The summed E-state index contributed by atoms with van der Waals surface area (Å²) in [7, 11) is -1.77. The first-order valence-electron chi connectivity index (χ1n) is 12.8. The molecule has 14 heteroatoms. The number of para-hydroxylation sites is 2. The summed E-state index contributed by atoms with van der Waals surface area (Å²) in [4.78, 5) is 25.7. The van der Waals surface area contributed by atoms with Crippen molar-refractivity contribution in [3.05, 3.63) is 77.3 Å². The van der Waals surface area contributed by atoms with E-state index in [1.165, 1.54) is 25.3 Å². The van der Waals surface area contributed by atoms with E-state index in [9.17, 15) is 13.2 Å². The highest BCUT2D eigenvalue weighted by atomic mass is 35.5. The quantitative estimate of drug-likeness (QED) is 0.161. The van der Waals surface area contributed by atoms with Gasteiger partial charge in [0.15, 0.2) is 11.6 Å². The fourth-order valence-electron chi connectivity index (χ4n) is 4.28. The molecular weight excluding hydrogens is 568 g/mol. The lowest BCUT2D eigenvalue weighted by Crippen LogP contribution is -2.24. The first-order valence-corrected chi connectivity index (χ1v) is 14.3. The zero-order valence-electron chi connectivity index (χ0n) is 22.0. The number of rotatable bonds is 8. The number of amides is 1. The third-order valence-corrected chi connectivity index (χ3v) is 7.39. The van der Waals surface area contributed by atoms with Gasteiger partial charge >= 0.3 is 5.91 Å². The molecule has 1 aromatic heterocycles. The van der Waals surface area contributed by atoms with Crippen LogP contribution in [0.15, 0.2) is 77.1 Å². The van der Waals surface area contributed by atoms with E-state index in [1.807, 2.05) is 0 Å². The van der Waals surface area contributed by atoms with E-state index < -0.39 is 16.8 Å². The number of carbonyl (C=O) groups is 1. The van der Waals surface area contributed by atoms with Crippen LogP contribution >= 0.6 is 11.6 Å². The number of nitrogens with one attached hydrogen (secondary N) is 1.